The molecule has 2 atom stereocenters. The van der Waals surface area contributed by atoms with E-state index in [0.717, 1.165) is 0 Å². The summed E-state index contributed by atoms with van der Waals surface area (Å²) in [4.78, 5) is 12.8. The summed E-state index contributed by atoms with van der Waals surface area (Å²) in [7, 11) is 0. The zero-order chi connectivity index (χ0) is 21.9. The fraction of sp³-hybridized carbons (Fsp3) is 0.650. The zero-order valence-electron chi connectivity index (χ0n) is 16.2. The maximum atomic E-state index is 12.8. The van der Waals surface area contributed by atoms with Gasteiger partial charge in [-0.05, 0) is 56.4 Å². The molecule has 0 amide bonds. The molecular formula is C20H24F5NO4. The Balaban J connectivity index is 1.62. The predicted octanol–water partition coefficient (Wildman–Crippen LogP) is 4.71. The van der Waals surface area contributed by atoms with Crippen molar-refractivity contribution in [3.05, 3.63) is 29.8 Å². The average molecular weight is 437 g/mol. The summed E-state index contributed by atoms with van der Waals surface area (Å²) >= 11 is 0. The molecule has 30 heavy (non-hydrogen) atoms. The topological polar surface area (TPSA) is 59.0 Å². The van der Waals surface area contributed by atoms with E-state index in [1.54, 1.807) is 12.1 Å². The van der Waals surface area contributed by atoms with Crippen molar-refractivity contribution >= 4 is 11.7 Å². The van der Waals surface area contributed by atoms with E-state index < -0.39 is 30.7 Å². The first kappa shape index (κ1) is 22.7. The summed E-state index contributed by atoms with van der Waals surface area (Å²) in [5.74, 6) is -2.37. The molecule has 1 aromatic rings. The first-order chi connectivity index (χ1) is 14.1. The van der Waals surface area contributed by atoms with Gasteiger partial charge in [0.25, 0.3) is 0 Å². The minimum atomic E-state index is -4.19. The number of benzene rings is 1. The molecule has 0 spiro atoms. The number of carboxylic acid groups (broad SMARTS) is 1. The second-order valence-corrected chi connectivity index (χ2v) is 7.76. The zero-order valence-corrected chi connectivity index (χ0v) is 16.2. The van der Waals surface area contributed by atoms with Crippen molar-refractivity contribution in [2.45, 2.75) is 63.1 Å². The third-order valence-electron chi connectivity index (χ3n) is 5.76. The Bertz CT molecular complexity index is 704. The van der Waals surface area contributed by atoms with Gasteiger partial charge in [-0.25, -0.2) is 4.79 Å². The summed E-state index contributed by atoms with van der Waals surface area (Å²) < 4.78 is 74.1. The van der Waals surface area contributed by atoms with Gasteiger partial charge in [-0.15, -0.1) is 0 Å². The van der Waals surface area contributed by atoms with E-state index in [0.29, 0.717) is 31.5 Å². The van der Waals surface area contributed by atoms with Crippen molar-refractivity contribution in [2.24, 2.45) is 5.92 Å². The molecule has 0 radical (unpaired) electrons. The van der Waals surface area contributed by atoms with Crippen molar-refractivity contribution in [1.82, 2.24) is 0 Å². The monoisotopic (exact) mass is 437 g/mol. The predicted molar refractivity (Wildman–Crippen MR) is 97.8 cm³/mol. The van der Waals surface area contributed by atoms with Gasteiger partial charge in [-0.2, -0.15) is 22.0 Å². The number of carbonyl (C=O) groups is 1. The van der Waals surface area contributed by atoms with Crippen LogP contribution < -0.4 is 4.90 Å². The van der Waals surface area contributed by atoms with Crippen LogP contribution in [-0.4, -0.2) is 55.3 Å². The van der Waals surface area contributed by atoms with Crippen LogP contribution in [0.25, 0.3) is 0 Å². The number of alkyl halides is 5. The van der Waals surface area contributed by atoms with Crippen LogP contribution in [0.1, 0.15) is 42.5 Å². The van der Waals surface area contributed by atoms with Gasteiger partial charge in [-0.1, -0.05) is 0 Å². The number of anilines is 1. The molecule has 1 saturated carbocycles. The first-order valence-electron chi connectivity index (χ1n) is 9.85. The van der Waals surface area contributed by atoms with Gasteiger partial charge in [0.15, 0.2) is 0 Å². The molecular weight excluding hydrogens is 413 g/mol. The Hall–Kier alpha value is -1.94. The molecule has 0 bridgehead atoms. The van der Waals surface area contributed by atoms with Crippen LogP contribution in [0, 0.1) is 5.92 Å². The molecule has 5 nitrogen and oxygen atoms in total. The number of ether oxygens (including phenoxy) is 2. The number of hydrogen-bond acceptors (Lipinski definition) is 4. The lowest BCUT2D eigenvalue weighted by Crippen LogP contribution is -2.34. The molecule has 0 aromatic heterocycles. The standard InChI is InChI=1S/C20H24F5NO4/c21-19(22)29-11-15-9-17(30-16-7-3-13(4-8-16)20(23,24)25)10-26(15)14-5-1-12(2-6-14)18(27)28/h1-2,5-6,13,15-17,19H,3-4,7-11H2,(H,27,28)/t13?,15-,16?,17-/m0/s1. The maximum absolute atomic E-state index is 12.8. The van der Waals surface area contributed by atoms with E-state index in [9.17, 15) is 26.7 Å². The Kier molecular flexibility index (Phi) is 7.18. The minimum Gasteiger partial charge on any atom is -0.478 e. The molecule has 1 N–H and O–H groups in total. The summed E-state index contributed by atoms with van der Waals surface area (Å²) in [5.41, 5.74) is 0.752. The molecule has 2 fully saturated rings. The molecule has 10 heteroatoms. The van der Waals surface area contributed by atoms with Crippen molar-refractivity contribution in [3.63, 3.8) is 0 Å². The molecule has 1 saturated heterocycles. The van der Waals surface area contributed by atoms with Crippen LogP contribution in [0.15, 0.2) is 24.3 Å². The Morgan fingerprint density at radius 1 is 1.10 bits per heavy atom. The van der Waals surface area contributed by atoms with Crippen LogP contribution in [0.5, 0.6) is 0 Å². The van der Waals surface area contributed by atoms with Crippen LogP contribution in [0.2, 0.25) is 0 Å². The van der Waals surface area contributed by atoms with E-state index >= 15 is 0 Å². The molecule has 1 aromatic carbocycles. The number of nitrogens with zero attached hydrogens (tertiary/aromatic N) is 1. The van der Waals surface area contributed by atoms with E-state index in [4.69, 9.17) is 9.84 Å². The van der Waals surface area contributed by atoms with Crippen molar-refractivity contribution in [3.8, 4) is 0 Å². The van der Waals surface area contributed by atoms with E-state index in [-0.39, 0.29) is 37.2 Å². The Morgan fingerprint density at radius 3 is 2.27 bits per heavy atom. The van der Waals surface area contributed by atoms with Crippen molar-refractivity contribution < 1.29 is 41.3 Å². The summed E-state index contributed by atoms with van der Waals surface area (Å²) in [6.07, 6.45) is -3.74. The SMILES string of the molecule is O=C(O)c1ccc(N2C[C@@H](OC3CCC(C(F)(F)F)CC3)C[C@H]2COC(F)F)cc1. The fourth-order valence-corrected chi connectivity index (χ4v) is 4.22. The van der Waals surface area contributed by atoms with Gasteiger partial charge in [-0.3, -0.25) is 0 Å². The van der Waals surface area contributed by atoms with Crippen LogP contribution >= 0.6 is 0 Å². The lowest BCUT2D eigenvalue weighted by Gasteiger charge is -2.31. The van der Waals surface area contributed by atoms with Gasteiger partial charge < -0.3 is 19.5 Å². The van der Waals surface area contributed by atoms with Gasteiger partial charge in [0.2, 0.25) is 0 Å². The van der Waals surface area contributed by atoms with Gasteiger partial charge >= 0.3 is 18.8 Å². The number of halogens is 5. The minimum absolute atomic E-state index is 0.0270. The highest BCUT2D eigenvalue weighted by Gasteiger charge is 2.42. The summed E-state index contributed by atoms with van der Waals surface area (Å²) in [6, 6.07) is 5.63. The van der Waals surface area contributed by atoms with E-state index in [2.05, 4.69) is 4.74 Å². The number of carboxylic acids is 1. The molecule has 2 aliphatic rings. The smallest absolute Gasteiger partial charge is 0.391 e. The third kappa shape index (κ3) is 5.81. The van der Waals surface area contributed by atoms with Crippen LogP contribution in [-0.2, 0) is 9.47 Å². The Morgan fingerprint density at radius 2 is 1.73 bits per heavy atom. The van der Waals surface area contributed by atoms with Crippen molar-refractivity contribution in [2.75, 3.05) is 18.1 Å². The first-order valence-corrected chi connectivity index (χ1v) is 9.85. The molecule has 3 rings (SSSR count). The fourth-order valence-electron chi connectivity index (χ4n) is 4.22. The second kappa shape index (κ2) is 9.47. The summed E-state index contributed by atoms with van der Waals surface area (Å²) in [6.45, 7) is -2.79. The molecule has 168 valence electrons. The molecule has 1 heterocycles. The van der Waals surface area contributed by atoms with Gasteiger partial charge in [0.05, 0.1) is 36.3 Å². The molecule has 1 aliphatic heterocycles. The lowest BCUT2D eigenvalue weighted by atomic mass is 9.87. The normalized spacial score (nSPS) is 27.6. The number of rotatable bonds is 7. The van der Waals surface area contributed by atoms with Crippen LogP contribution in [0.4, 0.5) is 27.6 Å². The van der Waals surface area contributed by atoms with Gasteiger partial charge in [0, 0.05) is 12.2 Å². The quantitative estimate of drug-likeness (QED) is 0.627. The van der Waals surface area contributed by atoms with Crippen molar-refractivity contribution in [1.29, 1.82) is 0 Å². The van der Waals surface area contributed by atoms with E-state index in [1.165, 1.54) is 12.1 Å². The molecule has 0 unspecified atom stereocenters. The Labute approximate surface area is 170 Å². The summed E-state index contributed by atoms with van der Waals surface area (Å²) in [5, 5.41) is 9.02. The molecule has 1 aliphatic carbocycles. The van der Waals surface area contributed by atoms with Crippen LogP contribution in [0.3, 0.4) is 0 Å². The largest absolute Gasteiger partial charge is 0.478 e. The van der Waals surface area contributed by atoms with E-state index in [1.807, 2.05) is 4.90 Å². The highest BCUT2D eigenvalue weighted by molar-refractivity contribution is 5.88. The third-order valence-corrected chi connectivity index (χ3v) is 5.76. The average Bonchev–Trinajstić information content (AvgIpc) is 3.08. The highest BCUT2D eigenvalue weighted by atomic mass is 19.4. The van der Waals surface area contributed by atoms with Gasteiger partial charge in [0.1, 0.15) is 0 Å². The second-order valence-electron chi connectivity index (χ2n) is 7.76. The number of hydrogen-bond donors (Lipinski definition) is 1. The number of aromatic carboxylic acids is 1. The maximum Gasteiger partial charge on any atom is 0.391 e. The highest BCUT2D eigenvalue weighted by Crippen LogP contribution is 2.39. The lowest BCUT2D eigenvalue weighted by molar-refractivity contribution is -0.189.